The maximum Gasteiger partial charge on any atom is 0.433 e. The number of methoxy groups -OCH3 is 1. The van der Waals surface area contributed by atoms with E-state index in [-0.39, 0.29) is 9.13 Å². The number of ether oxygens (including phenoxy) is 1. The zero-order valence-electron chi connectivity index (χ0n) is 9.39. The molecule has 0 unspecified atom stereocenters. The van der Waals surface area contributed by atoms with Crippen LogP contribution in [0.5, 0.6) is 0 Å². The van der Waals surface area contributed by atoms with E-state index in [2.05, 4.69) is 9.72 Å². The second kappa shape index (κ2) is 5.97. The molecule has 0 aliphatic carbocycles. The van der Waals surface area contributed by atoms with Crippen molar-refractivity contribution in [3.63, 3.8) is 0 Å². The minimum absolute atomic E-state index is 0.175. The fourth-order valence-electron chi connectivity index (χ4n) is 1.25. The Balaban J connectivity index is 3.36. The molecule has 0 fully saturated rings. The van der Waals surface area contributed by atoms with Gasteiger partial charge in [-0.1, -0.05) is 0 Å². The molecule has 0 amide bonds. The Bertz CT molecular complexity index is 490. The predicted molar refractivity (Wildman–Crippen MR) is 62.6 cm³/mol. The van der Waals surface area contributed by atoms with Crippen molar-refractivity contribution in [3.8, 4) is 0 Å². The van der Waals surface area contributed by atoms with Crippen LogP contribution < -0.4 is 0 Å². The van der Waals surface area contributed by atoms with Crippen LogP contribution in [0.1, 0.15) is 23.4 Å². The topological polar surface area (TPSA) is 39.2 Å². The summed E-state index contributed by atoms with van der Waals surface area (Å²) in [5.74, 6) is -0.822. The zero-order chi connectivity index (χ0) is 14.8. The van der Waals surface area contributed by atoms with Crippen LogP contribution in [-0.4, -0.2) is 18.1 Å². The molecule has 1 aromatic rings. The van der Waals surface area contributed by atoms with Gasteiger partial charge in [0, 0.05) is 3.57 Å². The van der Waals surface area contributed by atoms with Crippen LogP contribution in [0.25, 0.3) is 0 Å². The van der Waals surface area contributed by atoms with Gasteiger partial charge in [-0.2, -0.15) is 13.2 Å². The van der Waals surface area contributed by atoms with E-state index in [0.717, 1.165) is 7.11 Å². The lowest BCUT2D eigenvalue weighted by molar-refractivity contribution is -0.142. The van der Waals surface area contributed by atoms with E-state index in [1.54, 1.807) is 0 Å². The van der Waals surface area contributed by atoms with Gasteiger partial charge in [0.05, 0.1) is 13.5 Å². The van der Waals surface area contributed by atoms with E-state index in [4.69, 9.17) is 0 Å². The first-order chi connectivity index (χ1) is 8.66. The van der Waals surface area contributed by atoms with Gasteiger partial charge in [0.25, 0.3) is 6.43 Å². The number of aromatic nitrogens is 1. The average Bonchev–Trinajstić information content (AvgIpc) is 2.29. The molecule has 1 heterocycles. The fraction of sp³-hybridized carbons (Fsp3) is 0.400. The van der Waals surface area contributed by atoms with E-state index in [0.29, 0.717) is 6.07 Å². The number of carbonyl (C=O) groups is 1. The van der Waals surface area contributed by atoms with Crippen LogP contribution in [0.3, 0.4) is 0 Å². The molecular weight excluding hydrogens is 388 g/mol. The summed E-state index contributed by atoms with van der Waals surface area (Å²) in [4.78, 5) is 14.0. The van der Waals surface area contributed by atoms with Crippen molar-refractivity contribution in [1.29, 1.82) is 0 Å². The van der Waals surface area contributed by atoms with Crippen LogP contribution in [0.15, 0.2) is 6.07 Å². The van der Waals surface area contributed by atoms with Crippen molar-refractivity contribution < 1.29 is 31.5 Å². The lowest BCUT2D eigenvalue weighted by Gasteiger charge is -2.13. The summed E-state index contributed by atoms with van der Waals surface area (Å²) in [7, 11) is 1.05. The fourth-order valence-corrected chi connectivity index (χ4v) is 1.95. The van der Waals surface area contributed by atoms with Gasteiger partial charge in [-0.3, -0.25) is 4.79 Å². The highest BCUT2D eigenvalue weighted by Crippen LogP contribution is 2.33. The molecule has 0 saturated heterocycles. The molecule has 0 N–H and O–H groups in total. The van der Waals surface area contributed by atoms with E-state index >= 15 is 0 Å². The number of esters is 1. The molecule has 19 heavy (non-hydrogen) atoms. The van der Waals surface area contributed by atoms with E-state index < -0.39 is 36.4 Å². The Labute approximate surface area is 118 Å². The highest BCUT2D eigenvalue weighted by molar-refractivity contribution is 14.1. The highest BCUT2D eigenvalue weighted by Gasteiger charge is 2.35. The van der Waals surface area contributed by atoms with Gasteiger partial charge in [-0.25, -0.2) is 13.8 Å². The summed E-state index contributed by atoms with van der Waals surface area (Å²) in [5.41, 5.74) is -2.64. The van der Waals surface area contributed by atoms with Crippen molar-refractivity contribution >= 4 is 28.6 Å². The molecule has 0 spiro atoms. The minimum atomic E-state index is -4.86. The Morgan fingerprint density at radius 3 is 2.47 bits per heavy atom. The number of carbonyl (C=O) groups excluding carboxylic acids is 1. The van der Waals surface area contributed by atoms with Gasteiger partial charge in [0.15, 0.2) is 0 Å². The second-order valence-corrected chi connectivity index (χ2v) is 4.50. The van der Waals surface area contributed by atoms with Crippen LogP contribution in [-0.2, 0) is 22.1 Å². The van der Waals surface area contributed by atoms with Gasteiger partial charge in [-0.05, 0) is 34.2 Å². The number of pyridine rings is 1. The van der Waals surface area contributed by atoms with E-state index in [1.165, 1.54) is 22.6 Å². The number of halogens is 6. The summed E-state index contributed by atoms with van der Waals surface area (Å²) in [6.07, 6.45) is -8.55. The molecule has 0 saturated carbocycles. The first-order valence-electron chi connectivity index (χ1n) is 4.78. The Hall–Kier alpha value is -1.00. The van der Waals surface area contributed by atoms with Gasteiger partial charge < -0.3 is 4.74 Å². The Morgan fingerprint density at radius 2 is 2.05 bits per heavy atom. The van der Waals surface area contributed by atoms with Crippen molar-refractivity contribution in [2.45, 2.75) is 19.0 Å². The van der Waals surface area contributed by atoms with Crippen LogP contribution >= 0.6 is 22.6 Å². The molecule has 1 rings (SSSR count). The van der Waals surface area contributed by atoms with Crippen molar-refractivity contribution in [3.05, 3.63) is 26.6 Å². The van der Waals surface area contributed by atoms with E-state index in [1.807, 2.05) is 0 Å². The number of nitrogens with zero attached hydrogens (tertiary/aromatic N) is 1. The first-order valence-corrected chi connectivity index (χ1v) is 5.86. The number of alkyl halides is 5. The van der Waals surface area contributed by atoms with Crippen molar-refractivity contribution in [2.24, 2.45) is 0 Å². The molecule has 0 aromatic carbocycles. The average molecular weight is 395 g/mol. The van der Waals surface area contributed by atoms with Crippen LogP contribution in [0.4, 0.5) is 22.0 Å². The van der Waals surface area contributed by atoms with Gasteiger partial charge in [0.2, 0.25) is 0 Å². The molecule has 0 bridgehead atoms. The summed E-state index contributed by atoms with van der Waals surface area (Å²) < 4.78 is 67.0. The van der Waals surface area contributed by atoms with E-state index in [9.17, 15) is 26.7 Å². The lowest BCUT2D eigenvalue weighted by Crippen LogP contribution is -2.15. The molecule has 9 heteroatoms. The summed E-state index contributed by atoms with van der Waals surface area (Å²) in [5, 5.41) is 0. The predicted octanol–water partition coefficient (Wildman–Crippen LogP) is 3.36. The number of rotatable bonds is 3. The maximum absolute atomic E-state index is 12.6. The monoisotopic (exact) mass is 395 g/mol. The maximum atomic E-state index is 12.6. The summed E-state index contributed by atoms with van der Waals surface area (Å²) in [6.45, 7) is 0. The standard InChI is InChI=1S/C10H7F5INO2/c1-19-6(18)3-4-2-5(10(13,14)15)17-8(7(4)16)9(11)12/h2,9H,3H2,1H3. The van der Waals surface area contributed by atoms with Gasteiger partial charge >= 0.3 is 12.1 Å². The molecule has 106 valence electrons. The molecular formula is C10H7F5INO2. The highest BCUT2D eigenvalue weighted by atomic mass is 127. The van der Waals surface area contributed by atoms with Gasteiger partial charge in [-0.15, -0.1) is 0 Å². The normalized spacial score (nSPS) is 11.8. The molecule has 0 atom stereocenters. The molecule has 0 aliphatic heterocycles. The Morgan fingerprint density at radius 1 is 1.47 bits per heavy atom. The van der Waals surface area contributed by atoms with Gasteiger partial charge in [0.1, 0.15) is 11.4 Å². The number of hydrogen-bond acceptors (Lipinski definition) is 3. The third-order valence-electron chi connectivity index (χ3n) is 2.12. The summed E-state index contributed by atoms with van der Waals surface area (Å²) >= 11 is 1.43. The second-order valence-electron chi connectivity index (χ2n) is 3.42. The molecule has 0 radical (unpaired) electrons. The number of hydrogen-bond donors (Lipinski definition) is 0. The quantitative estimate of drug-likeness (QED) is 0.448. The lowest BCUT2D eigenvalue weighted by atomic mass is 10.1. The van der Waals surface area contributed by atoms with Crippen LogP contribution in [0.2, 0.25) is 0 Å². The molecule has 3 nitrogen and oxygen atoms in total. The largest absolute Gasteiger partial charge is 0.469 e. The Kier molecular flexibility index (Phi) is 5.04. The molecule has 0 aliphatic rings. The smallest absolute Gasteiger partial charge is 0.433 e. The SMILES string of the molecule is COC(=O)Cc1cc(C(F)(F)F)nc(C(F)F)c1I. The van der Waals surface area contributed by atoms with Crippen LogP contribution in [0, 0.1) is 3.57 Å². The molecule has 1 aromatic heterocycles. The first kappa shape index (κ1) is 16.1. The minimum Gasteiger partial charge on any atom is -0.469 e. The third kappa shape index (κ3) is 3.98. The third-order valence-corrected chi connectivity index (χ3v) is 3.36. The van der Waals surface area contributed by atoms with Crippen molar-refractivity contribution in [1.82, 2.24) is 4.98 Å². The van der Waals surface area contributed by atoms with Crippen molar-refractivity contribution in [2.75, 3.05) is 7.11 Å². The summed E-state index contributed by atoms with van der Waals surface area (Å²) in [6, 6.07) is 0.574. The zero-order valence-corrected chi connectivity index (χ0v) is 11.6.